The highest BCUT2D eigenvalue weighted by Gasteiger charge is 2.17. The van der Waals surface area contributed by atoms with Gasteiger partial charge in [0.15, 0.2) is 5.78 Å². The van der Waals surface area contributed by atoms with Gasteiger partial charge in [0.25, 0.3) is 0 Å². The van der Waals surface area contributed by atoms with Crippen LogP contribution < -0.4 is 0 Å². The van der Waals surface area contributed by atoms with E-state index in [9.17, 15) is 4.79 Å². The Morgan fingerprint density at radius 3 is 2.60 bits per heavy atom. The largest absolute Gasteiger partial charge is 0.294 e. The van der Waals surface area contributed by atoms with Crippen LogP contribution in [0.2, 0.25) is 0 Å². The number of hydrogen-bond donors (Lipinski definition) is 0. The molecule has 0 spiro atoms. The Morgan fingerprint density at radius 1 is 1.50 bits per heavy atom. The SMILES string of the molecule is CC=CC1=C(Br)C(=O)CC1. The molecule has 54 valence electrons. The van der Waals surface area contributed by atoms with Crippen LogP contribution in [0.1, 0.15) is 19.8 Å². The van der Waals surface area contributed by atoms with Crippen LogP contribution in [0, 0.1) is 0 Å². The summed E-state index contributed by atoms with van der Waals surface area (Å²) in [6, 6.07) is 0. The Bertz CT molecular complexity index is 213. The molecule has 0 unspecified atom stereocenters. The van der Waals surface area contributed by atoms with Crippen LogP contribution in [0.4, 0.5) is 0 Å². The van der Waals surface area contributed by atoms with Crippen molar-refractivity contribution < 1.29 is 4.79 Å². The van der Waals surface area contributed by atoms with Gasteiger partial charge in [0.05, 0.1) is 4.48 Å². The molecule has 0 amide bonds. The van der Waals surface area contributed by atoms with Crippen molar-refractivity contribution in [2.24, 2.45) is 0 Å². The number of carbonyl (C=O) groups excluding carboxylic acids is 1. The van der Waals surface area contributed by atoms with E-state index in [1.165, 1.54) is 0 Å². The van der Waals surface area contributed by atoms with Gasteiger partial charge >= 0.3 is 0 Å². The van der Waals surface area contributed by atoms with Gasteiger partial charge in [-0.25, -0.2) is 0 Å². The van der Waals surface area contributed by atoms with E-state index in [0.717, 1.165) is 16.5 Å². The summed E-state index contributed by atoms with van der Waals surface area (Å²) in [5.41, 5.74) is 1.13. The summed E-state index contributed by atoms with van der Waals surface area (Å²) in [4.78, 5) is 10.9. The van der Waals surface area contributed by atoms with Gasteiger partial charge in [-0.1, -0.05) is 12.2 Å². The number of carbonyl (C=O) groups is 1. The summed E-state index contributed by atoms with van der Waals surface area (Å²) in [5, 5.41) is 0. The number of Topliss-reactive ketones (excluding diaryl/α,β-unsaturated/α-hetero) is 1. The molecule has 0 bridgehead atoms. The number of ketones is 1. The van der Waals surface area contributed by atoms with Gasteiger partial charge in [-0.05, 0) is 34.8 Å². The van der Waals surface area contributed by atoms with E-state index in [2.05, 4.69) is 15.9 Å². The second-order valence-electron chi connectivity index (χ2n) is 2.26. The summed E-state index contributed by atoms with van der Waals surface area (Å²) in [5.74, 6) is 0.230. The van der Waals surface area contributed by atoms with E-state index in [0.29, 0.717) is 6.42 Å². The summed E-state index contributed by atoms with van der Waals surface area (Å²) in [7, 11) is 0. The van der Waals surface area contributed by atoms with E-state index in [4.69, 9.17) is 0 Å². The summed E-state index contributed by atoms with van der Waals surface area (Å²) in [6.07, 6.45) is 5.49. The number of hydrogen-bond acceptors (Lipinski definition) is 1. The minimum absolute atomic E-state index is 0.230. The first-order valence-corrected chi connectivity index (χ1v) is 4.09. The second kappa shape index (κ2) is 3.15. The lowest BCUT2D eigenvalue weighted by molar-refractivity contribution is -0.114. The normalized spacial score (nSPS) is 19.6. The molecule has 2 heteroatoms. The average Bonchev–Trinajstić information content (AvgIpc) is 2.20. The third kappa shape index (κ3) is 1.37. The fraction of sp³-hybridized carbons (Fsp3) is 0.375. The maximum absolute atomic E-state index is 10.9. The van der Waals surface area contributed by atoms with Gasteiger partial charge in [-0.15, -0.1) is 0 Å². The Morgan fingerprint density at radius 2 is 2.20 bits per heavy atom. The number of halogens is 1. The van der Waals surface area contributed by atoms with Gasteiger partial charge in [-0.3, -0.25) is 4.79 Å². The maximum atomic E-state index is 10.9. The third-order valence-electron chi connectivity index (χ3n) is 1.52. The van der Waals surface area contributed by atoms with Crippen LogP contribution in [0.5, 0.6) is 0 Å². The van der Waals surface area contributed by atoms with Crippen LogP contribution in [0.3, 0.4) is 0 Å². The standard InChI is InChI=1S/C8H9BrO/c1-2-3-6-4-5-7(10)8(6)9/h2-3H,4-5H2,1H3. The summed E-state index contributed by atoms with van der Waals surface area (Å²) in [6.45, 7) is 1.95. The molecule has 0 aromatic carbocycles. The smallest absolute Gasteiger partial charge is 0.170 e. The van der Waals surface area contributed by atoms with Crippen LogP contribution >= 0.6 is 15.9 Å². The van der Waals surface area contributed by atoms with Gasteiger partial charge in [0.1, 0.15) is 0 Å². The minimum atomic E-state index is 0.230. The maximum Gasteiger partial charge on any atom is 0.170 e. The lowest BCUT2D eigenvalue weighted by Gasteiger charge is -1.88. The molecule has 0 saturated heterocycles. The molecule has 10 heavy (non-hydrogen) atoms. The van der Waals surface area contributed by atoms with Crippen molar-refractivity contribution in [3.63, 3.8) is 0 Å². The Labute approximate surface area is 68.9 Å². The monoisotopic (exact) mass is 200 g/mol. The van der Waals surface area contributed by atoms with Gasteiger partial charge in [0.2, 0.25) is 0 Å². The highest BCUT2D eigenvalue weighted by molar-refractivity contribution is 9.12. The molecule has 0 heterocycles. The minimum Gasteiger partial charge on any atom is -0.294 e. The van der Waals surface area contributed by atoms with E-state index >= 15 is 0 Å². The highest BCUT2D eigenvalue weighted by Crippen LogP contribution is 2.27. The van der Waals surface area contributed by atoms with Crippen molar-refractivity contribution >= 4 is 21.7 Å². The number of rotatable bonds is 1. The van der Waals surface area contributed by atoms with Crippen LogP contribution in [-0.4, -0.2) is 5.78 Å². The quantitative estimate of drug-likeness (QED) is 0.637. The molecule has 0 radical (unpaired) electrons. The van der Waals surface area contributed by atoms with Crippen LogP contribution in [-0.2, 0) is 4.79 Å². The van der Waals surface area contributed by atoms with Crippen molar-refractivity contribution in [1.29, 1.82) is 0 Å². The van der Waals surface area contributed by atoms with Crippen molar-refractivity contribution in [2.75, 3.05) is 0 Å². The molecule has 0 aromatic heterocycles. The van der Waals surface area contributed by atoms with Crippen molar-refractivity contribution in [2.45, 2.75) is 19.8 Å². The third-order valence-corrected chi connectivity index (χ3v) is 2.47. The molecule has 1 aliphatic rings. The lowest BCUT2D eigenvalue weighted by atomic mass is 10.2. The van der Waals surface area contributed by atoms with E-state index < -0.39 is 0 Å². The first-order chi connectivity index (χ1) is 4.75. The number of allylic oxidation sites excluding steroid dienone is 4. The van der Waals surface area contributed by atoms with Gasteiger partial charge < -0.3 is 0 Å². The molecule has 1 nitrogen and oxygen atoms in total. The Hall–Kier alpha value is -0.370. The predicted octanol–water partition coefficient (Wildman–Crippen LogP) is 2.57. The molecule has 0 aliphatic heterocycles. The average molecular weight is 201 g/mol. The molecule has 0 aromatic rings. The van der Waals surface area contributed by atoms with E-state index in [-0.39, 0.29) is 5.78 Å². The fourth-order valence-electron chi connectivity index (χ4n) is 1.00. The molecule has 1 rings (SSSR count). The fourth-order valence-corrected chi connectivity index (χ4v) is 1.53. The Balaban J connectivity index is 2.85. The first kappa shape index (κ1) is 7.73. The molecule has 1 aliphatic carbocycles. The van der Waals surface area contributed by atoms with Crippen molar-refractivity contribution in [3.8, 4) is 0 Å². The van der Waals surface area contributed by atoms with Gasteiger partial charge in [-0.2, -0.15) is 0 Å². The Kier molecular flexibility index (Phi) is 2.44. The summed E-state index contributed by atoms with van der Waals surface area (Å²) >= 11 is 3.25. The zero-order valence-corrected chi connectivity index (χ0v) is 7.44. The molecule has 0 N–H and O–H groups in total. The van der Waals surface area contributed by atoms with Crippen molar-refractivity contribution in [1.82, 2.24) is 0 Å². The van der Waals surface area contributed by atoms with Gasteiger partial charge in [0, 0.05) is 6.42 Å². The van der Waals surface area contributed by atoms with Crippen LogP contribution in [0.15, 0.2) is 22.2 Å². The zero-order valence-electron chi connectivity index (χ0n) is 5.86. The second-order valence-corrected chi connectivity index (χ2v) is 3.06. The molecule has 0 saturated carbocycles. The molecular formula is C8H9BrO. The predicted molar refractivity (Wildman–Crippen MR) is 45.0 cm³/mol. The van der Waals surface area contributed by atoms with E-state index in [1.54, 1.807) is 0 Å². The first-order valence-electron chi connectivity index (χ1n) is 3.30. The molecule has 0 fully saturated rings. The van der Waals surface area contributed by atoms with Crippen molar-refractivity contribution in [3.05, 3.63) is 22.2 Å². The molecule has 0 atom stereocenters. The highest BCUT2D eigenvalue weighted by atomic mass is 79.9. The zero-order chi connectivity index (χ0) is 7.56. The van der Waals surface area contributed by atoms with E-state index in [1.807, 2.05) is 19.1 Å². The van der Waals surface area contributed by atoms with Crippen LogP contribution in [0.25, 0.3) is 0 Å². The topological polar surface area (TPSA) is 17.1 Å². The summed E-state index contributed by atoms with van der Waals surface area (Å²) < 4.78 is 0.769. The lowest BCUT2D eigenvalue weighted by Crippen LogP contribution is -1.86. The molecular weight excluding hydrogens is 192 g/mol.